The lowest BCUT2D eigenvalue weighted by Crippen LogP contribution is -2.42. The number of rotatable bonds is 4. The largest absolute Gasteiger partial charge is 0.393 e. The highest BCUT2D eigenvalue weighted by Crippen LogP contribution is 2.37. The van der Waals surface area contributed by atoms with E-state index in [-0.39, 0.29) is 34.4 Å². The monoisotopic (exact) mass is 486 g/mol. The molecule has 3 N–H and O–H groups in total. The number of anilines is 3. The molecule has 0 spiro atoms. The molecule has 0 radical (unpaired) electrons. The molecule has 3 heterocycles. The highest BCUT2D eigenvalue weighted by atomic mass is 32.1. The number of piperidine rings is 1. The van der Waals surface area contributed by atoms with Crippen LogP contribution in [-0.2, 0) is 7.05 Å². The zero-order chi connectivity index (χ0) is 23.9. The fourth-order valence-corrected chi connectivity index (χ4v) is 4.69. The molecule has 1 aromatic carbocycles. The Bertz CT molecular complexity index is 1170. The maximum absolute atomic E-state index is 14.1. The molecule has 1 saturated heterocycles. The van der Waals surface area contributed by atoms with Gasteiger partial charge in [-0.1, -0.05) is 17.4 Å². The Kier molecular flexibility index (Phi) is 5.99. The number of nitrogens with two attached hydrogens (primary N) is 1. The van der Waals surface area contributed by atoms with Crippen molar-refractivity contribution in [1.29, 1.82) is 0 Å². The van der Waals surface area contributed by atoms with Crippen LogP contribution in [0.25, 0.3) is 10.6 Å². The normalized spacial score (nSPS) is 16.8. The van der Waals surface area contributed by atoms with Crippen LogP contribution in [0.2, 0.25) is 0 Å². The number of halogens is 5. The summed E-state index contributed by atoms with van der Waals surface area (Å²) < 4.78 is 69.3. The fourth-order valence-electron chi connectivity index (χ4n) is 3.82. The molecule has 0 aliphatic carbocycles. The summed E-state index contributed by atoms with van der Waals surface area (Å²) in [7, 11) is 1.55. The first kappa shape index (κ1) is 23.0. The minimum atomic E-state index is -4.33. The second-order valence-electron chi connectivity index (χ2n) is 7.61. The Morgan fingerprint density at radius 2 is 1.97 bits per heavy atom. The number of carbonyl (C=O) groups excluding carboxylic acids is 1. The Labute approximate surface area is 189 Å². The van der Waals surface area contributed by atoms with Crippen molar-refractivity contribution in [3.8, 4) is 10.6 Å². The van der Waals surface area contributed by atoms with Crippen molar-refractivity contribution in [2.75, 3.05) is 29.0 Å². The SMILES string of the molecule is Cn1ncc(NC(=O)c2nc(-c3c(F)cccc3F)sc2N)c1N1CCC[C@H](C(F)(F)F)C1. The van der Waals surface area contributed by atoms with E-state index in [0.717, 1.165) is 23.5 Å². The van der Waals surface area contributed by atoms with Crippen LogP contribution in [0, 0.1) is 17.6 Å². The maximum atomic E-state index is 14.1. The minimum absolute atomic E-state index is 0.0320. The number of aromatic nitrogens is 3. The lowest BCUT2D eigenvalue weighted by molar-refractivity contribution is -0.176. The summed E-state index contributed by atoms with van der Waals surface area (Å²) in [6, 6.07) is 3.32. The summed E-state index contributed by atoms with van der Waals surface area (Å²) in [6.45, 7) is 0.103. The second kappa shape index (κ2) is 8.61. The van der Waals surface area contributed by atoms with E-state index in [9.17, 15) is 26.7 Å². The second-order valence-corrected chi connectivity index (χ2v) is 8.65. The molecule has 13 heteroatoms. The van der Waals surface area contributed by atoms with E-state index in [0.29, 0.717) is 18.8 Å². The van der Waals surface area contributed by atoms with Crippen molar-refractivity contribution in [2.45, 2.75) is 19.0 Å². The van der Waals surface area contributed by atoms with Gasteiger partial charge in [0.1, 0.15) is 27.3 Å². The molecule has 0 saturated carbocycles. The number of nitrogens with zero attached hydrogens (tertiary/aromatic N) is 4. The van der Waals surface area contributed by atoms with Crippen LogP contribution < -0.4 is 16.0 Å². The lowest BCUT2D eigenvalue weighted by atomic mass is 9.97. The van der Waals surface area contributed by atoms with Gasteiger partial charge in [0, 0.05) is 20.1 Å². The molecule has 176 valence electrons. The van der Waals surface area contributed by atoms with E-state index >= 15 is 0 Å². The lowest BCUT2D eigenvalue weighted by Gasteiger charge is -2.35. The van der Waals surface area contributed by atoms with E-state index in [1.165, 1.54) is 21.8 Å². The summed E-state index contributed by atoms with van der Waals surface area (Å²) >= 11 is 0.745. The average Bonchev–Trinajstić information content (AvgIpc) is 3.30. The first-order valence-electron chi connectivity index (χ1n) is 9.92. The van der Waals surface area contributed by atoms with Gasteiger partial charge in [0.15, 0.2) is 11.5 Å². The standard InChI is InChI=1S/C20H19F5N6OS/c1-30-19(31-7-3-4-10(9-31)20(23,24)25)13(8-27-30)28-17(32)15-16(26)33-18(29-15)14-11(21)5-2-6-12(14)22/h2,5-6,8,10H,3-4,7,9,26H2,1H3,(H,28,32)/t10-/m0/s1. The molecule has 4 rings (SSSR count). The molecular formula is C20H19F5N6OS. The summed E-state index contributed by atoms with van der Waals surface area (Å²) in [5, 5.41) is 6.45. The third kappa shape index (κ3) is 4.49. The minimum Gasteiger partial charge on any atom is -0.389 e. The maximum Gasteiger partial charge on any atom is 0.393 e. The molecule has 7 nitrogen and oxygen atoms in total. The summed E-state index contributed by atoms with van der Waals surface area (Å²) in [5.41, 5.74) is 5.41. The zero-order valence-corrected chi connectivity index (χ0v) is 18.1. The molecule has 1 aliphatic rings. The number of amides is 1. The molecule has 2 aromatic heterocycles. The summed E-state index contributed by atoms with van der Waals surface area (Å²) in [6.07, 6.45) is -2.65. The van der Waals surface area contributed by atoms with Crippen LogP contribution in [0.3, 0.4) is 0 Å². The highest BCUT2D eigenvalue weighted by Gasteiger charge is 2.42. The Morgan fingerprint density at radius 3 is 2.64 bits per heavy atom. The number of nitrogen functional groups attached to an aromatic ring is 1. The molecule has 1 atom stereocenters. The van der Waals surface area contributed by atoms with Gasteiger partial charge >= 0.3 is 6.18 Å². The van der Waals surface area contributed by atoms with E-state index in [2.05, 4.69) is 15.4 Å². The summed E-state index contributed by atoms with van der Waals surface area (Å²) in [4.78, 5) is 18.4. The third-order valence-electron chi connectivity index (χ3n) is 5.38. The number of hydrogen-bond acceptors (Lipinski definition) is 6. The van der Waals surface area contributed by atoms with Crippen molar-refractivity contribution in [1.82, 2.24) is 14.8 Å². The highest BCUT2D eigenvalue weighted by molar-refractivity contribution is 7.19. The average molecular weight is 486 g/mol. The molecule has 1 fully saturated rings. The number of benzene rings is 1. The molecular weight excluding hydrogens is 467 g/mol. The van der Waals surface area contributed by atoms with Crippen LogP contribution in [0.1, 0.15) is 23.3 Å². The van der Waals surface area contributed by atoms with E-state index in [1.807, 2.05) is 0 Å². The van der Waals surface area contributed by atoms with Crippen molar-refractivity contribution in [3.05, 3.63) is 41.7 Å². The van der Waals surface area contributed by atoms with Gasteiger partial charge in [-0.3, -0.25) is 9.48 Å². The van der Waals surface area contributed by atoms with Gasteiger partial charge in [0.25, 0.3) is 5.91 Å². The Morgan fingerprint density at radius 1 is 1.27 bits per heavy atom. The number of thiazole rings is 1. The first-order valence-corrected chi connectivity index (χ1v) is 10.7. The fraction of sp³-hybridized carbons (Fsp3) is 0.350. The number of nitrogens with one attached hydrogen (secondary N) is 1. The molecule has 33 heavy (non-hydrogen) atoms. The van der Waals surface area contributed by atoms with Crippen molar-refractivity contribution in [3.63, 3.8) is 0 Å². The number of carbonyl (C=O) groups is 1. The van der Waals surface area contributed by atoms with Crippen LogP contribution >= 0.6 is 11.3 Å². The molecule has 3 aromatic rings. The summed E-state index contributed by atoms with van der Waals surface area (Å²) in [5.74, 6) is -3.65. The van der Waals surface area contributed by atoms with Gasteiger partial charge in [-0.25, -0.2) is 13.8 Å². The molecule has 0 unspecified atom stereocenters. The van der Waals surface area contributed by atoms with E-state index in [4.69, 9.17) is 5.73 Å². The zero-order valence-electron chi connectivity index (χ0n) is 17.3. The van der Waals surface area contributed by atoms with Gasteiger partial charge in [0.2, 0.25) is 0 Å². The predicted molar refractivity (Wildman–Crippen MR) is 114 cm³/mol. The van der Waals surface area contributed by atoms with Gasteiger partial charge in [-0.15, -0.1) is 0 Å². The predicted octanol–water partition coefficient (Wildman–Crippen LogP) is 4.44. The van der Waals surface area contributed by atoms with Gasteiger partial charge in [-0.2, -0.15) is 18.3 Å². The van der Waals surface area contributed by atoms with Crippen molar-refractivity contribution < 1.29 is 26.7 Å². The van der Waals surface area contributed by atoms with Gasteiger partial charge in [-0.05, 0) is 25.0 Å². The smallest absolute Gasteiger partial charge is 0.389 e. The molecule has 0 bridgehead atoms. The van der Waals surface area contributed by atoms with Gasteiger partial charge < -0.3 is 16.0 Å². The van der Waals surface area contributed by atoms with Gasteiger partial charge in [0.05, 0.1) is 17.7 Å². The first-order chi connectivity index (χ1) is 15.6. The number of aryl methyl sites for hydroxylation is 1. The molecule has 1 amide bonds. The number of alkyl halides is 3. The van der Waals surface area contributed by atoms with Crippen LogP contribution in [-0.4, -0.2) is 39.9 Å². The van der Waals surface area contributed by atoms with Crippen molar-refractivity contribution >= 4 is 33.8 Å². The molecule has 1 aliphatic heterocycles. The van der Waals surface area contributed by atoms with E-state index < -0.39 is 35.2 Å². The topological polar surface area (TPSA) is 89.1 Å². The Balaban J connectivity index is 1.59. The quantitative estimate of drug-likeness (QED) is 0.533. The Hall–Kier alpha value is -3.22. The van der Waals surface area contributed by atoms with Crippen LogP contribution in [0.15, 0.2) is 24.4 Å². The van der Waals surface area contributed by atoms with E-state index in [1.54, 1.807) is 7.05 Å². The van der Waals surface area contributed by atoms with Crippen LogP contribution in [0.4, 0.5) is 38.5 Å². The number of hydrogen-bond donors (Lipinski definition) is 2. The third-order valence-corrected chi connectivity index (χ3v) is 6.29. The van der Waals surface area contributed by atoms with Crippen LogP contribution in [0.5, 0.6) is 0 Å². The van der Waals surface area contributed by atoms with Crippen molar-refractivity contribution in [2.24, 2.45) is 13.0 Å².